The second-order valence-electron chi connectivity index (χ2n) is 13.7. The lowest BCUT2D eigenvalue weighted by atomic mass is 9.84. The highest BCUT2D eigenvalue weighted by Crippen LogP contribution is 2.32. The van der Waals surface area contributed by atoms with Gasteiger partial charge >= 0.3 is 0 Å². The van der Waals surface area contributed by atoms with E-state index in [0.717, 1.165) is 0 Å². The van der Waals surface area contributed by atoms with E-state index in [4.69, 9.17) is 0 Å². The number of unbranched alkanes of at least 4 members (excludes halogenated alkanes) is 23. The van der Waals surface area contributed by atoms with Crippen molar-refractivity contribution < 1.29 is 0 Å². The van der Waals surface area contributed by atoms with E-state index >= 15 is 0 Å². The second kappa shape index (κ2) is 27.9. The number of aromatic nitrogens is 2. The van der Waals surface area contributed by atoms with Gasteiger partial charge in [-0.05, 0) is 30.7 Å². The molecule has 0 saturated carbocycles. The molecule has 0 amide bonds. The smallest absolute Gasteiger partial charge is 0.0948 e. The zero-order valence-electron chi connectivity index (χ0n) is 29.0. The molecule has 246 valence electrons. The molecule has 0 fully saturated rings. The van der Waals surface area contributed by atoms with Crippen LogP contribution < -0.4 is 0 Å². The molecule has 0 saturated heterocycles. The molecule has 0 N–H and O–H groups in total. The van der Waals surface area contributed by atoms with Gasteiger partial charge in [0.15, 0.2) is 0 Å². The van der Waals surface area contributed by atoms with E-state index < -0.39 is 0 Å². The molecule has 2 rings (SSSR count). The van der Waals surface area contributed by atoms with Crippen molar-refractivity contribution in [3.63, 3.8) is 0 Å². The van der Waals surface area contributed by atoms with E-state index in [2.05, 4.69) is 66.3 Å². The normalized spacial score (nSPS) is 13.0. The van der Waals surface area contributed by atoms with E-state index in [1.165, 1.54) is 185 Å². The van der Waals surface area contributed by atoms with Gasteiger partial charge in [-0.3, -0.25) is 0 Å². The maximum absolute atomic E-state index is 4.47. The fourth-order valence-corrected chi connectivity index (χ4v) is 7.06. The van der Waals surface area contributed by atoms with Crippen molar-refractivity contribution in [2.45, 2.75) is 200 Å². The number of hydrogen-bond donors (Lipinski definition) is 0. The summed E-state index contributed by atoms with van der Waals surface area (Å²) in [6.45, 7) is 4.61. The first kappa shape index (κ1) is 37.6. The molecule has 2 heteroatoms. The molecule has 43 heavy (non-hydrogen) atoms. The van der Waals surface area contributed by atoms with Crippen molar-refractivity contribution in [2.75, 3.05) is 0 Å². The van der Waals surface area contributed by atoms with Gasteiger partial charge in [0.05, 0.1) is 6.33 Å². The third kappa shape index (κ3) is 20.2. The van der Waals surface area contributed by atoms with Crippen LogP contribution in [0.25, 0.3) is 0 Å². The summed E-state index contributed by atoms with van der Waals surface area (Å²) >= 11 is 0. The number of rotatable bonds is 31. The van der Waals surface area contributed by atoms with Crippen LogP contribution in [0.15, 0.2) is 49.1 Å². The third-order valence-electron chi connectivity index (χ3n) is 9.82. The molecule has 2 atom stereocenters. The topological polar surface area (TPSA) is 17.8 Å². The van der Waals surface area contributed by atoms with E-state index in [1.54, 1.807) is 0 Å². The maximum atomic E-state index is 4.47. The van der Waals surface area contributed by atoms with Crippen LogP contribution in [0, 0.1) is 5.92 Å². The van der Waals surface area contributed by atoms with E-state index in [1.807, 2.05) is 6.20 Å². The molecule has 2 aromatic rings. The van der Waals surface area contributed by atoms with Gasteiger partial charge in [0.1, 0.15) is 0 Å². The molecule has 0 aliphatic heterocycles. The molecular formula is C41H72N2. The Hall–Kier alpha value is -1.57. The fraction of sp³-hybridized carbons (Fsp3) is 0.780. The van der Waals surface area contributed by atoms with Crippen molar-refractivity contribution >= 4 is 0 Å². The molecule has 0 aliphatic rings. The van der Waals surface area contributed by atoms with Gasteiger partial charge < -0.3 is 4.57 Å². The summed E-state index contributed by atoms with van der Waals surface area (Å²) in [4.78, 5) is 4.47. The van der Waals surface area contributed by atoms with Gasteiger partial charge in [0, 0.05) is 18.4 Å². The van der Waals surface area contributed by atoms with Gasteiger partial charge in [-0.15, -0.1) is 0 Å². The van der Waals surface area contributed by atoms with Crippen LogP contribution in [0.1, 0.15) is 199 Å². The van der Waals surface area contributed by atoms with Crippen LogP contribution in [0.2, 0.25) is 0 Å². The van der Waals surface area contributed by atoms with E-state index in [-0.39, 0.29) is 0 Å². The molecule has 1 aromatic carbocycles. The lowest BCUT2D eigenvalue weighted by Gasteiger charge is -2.29. The lowest BCUT2D eigenvalue weighted by Crippen LogP contribution is -2.21. The SMILES string of the molecule is CCCCCCCCCCCCCCCCC(Cc1ccccc1)C(CCCCCCCCCCCCC)n1ccnc1. The Kier molecular flexibility index (Phi) is 24.4. The lowest BCUT2D eigenvalue weighted by molar-refractivity contribution is 0.275. The minimum Gasteiger partial charge on any atom is -0.334 e. The molecule has 1 heterocycles. The zero-order valence-corrected chi connectivity index (χ0v) is 29.0. The van der Waals surface area contributed by atoms with Crippen LogP contribution in [-0.4, -0.2) is 9.55 Å². The van der Waals surface area contributed by atoms with Crippen molar-refractivity contribution in [1.29, 1.82) is 0 Å². The third-order valence-corrected chi connectivity index (χ3v) is 9.82. The Labute approximate surface area is 269 Å². The van der Waals surface area contributed by atoms with Crippen molar-refractivity contribution in [3.05, 3.63) is 54.6 Å². The van der Waals surface area contributed by atoms with Crippen LogP contribution >= 0.6 is 0 Å². The minimum absolute atomic E-state index is 0.572. The van der Waals surface area contributed by atoms with Gasteiger partial charge in [0.2, 0.25) is 0 Å². The van der Waals surface area contributed by atoms with Crippen molar-refractivity contribution in [2.24, 2.45) is 5.92 Å². The zero-order chi connectivity index (χ0) is 30.5. The van der Waals surface area contributed by atoms with Gasteiger partial charge in [-0.25, -0.2) is 4.98 Å². The van der Waals surface area contributed by atoms with Gasteiger partial charge in [0.25, 0.3) is 0 Å². The highest BCUT2D eigenvalue weighted by molar-refractivity contribution is 5.15. The molecule has 0 bridgehead atoms. The van der Waals surface area contributed by atoms with Crippen LogP contribution in [0.3, 0.4) is 0 Å². The van der Waals surface area contributed by atoms with Crippen molar-refractivity contribution in [3.8, 4) is 0 Å². The maximum Gasteiger partial charge on any atom is 0.0948 e. The van der Waals surface area contributed by atoms with Crippen molar-refractivity contribution in [1.82, 2.24) is 9.55 Å². The predicted molar refractivity (Wildman–Crippen MR) is 191 cm³/mol. The number of hydrogen-bond acceptors (Lipinski definition) is 1. The molecule has 1 aromatic heterocycles. The summed E-state index contributed by atoms with van der Waals surface area (Å²) < 4.78 is 2.45. The Morgan fingerprint density at radius 1 is 0.512 bits per heavy atom. The summed E-state index contributed by atoms with van der Waals surface area (Å²) in [6, 6.07) is 11.8. The Balaban J connectivity index is 1.69. The van der Waals surface area contributed by atoms with Crippen LogP contribution in [0.4, 0.5) is 0 Å². The number of nitrogens with zero attached hydrogens (tertiary/aromatic N) is 2. The van der Waals surface area contributed by atoms with E-state index in [0.29, 0.717) is 12.0 Å². The fourth-order valence-electron chi connectivity index (χ4n) is 7.06. The first-order chi connectivity index (χ1) is 21.3. The summed E-state index contributed by atoms with van der Waals surface area (Å²) in [5.41, 5.74) is 1.50. The Morgan fingerprint density at radius 2 is 0.930 bits per heavy atom. The summed E-state index contributed by atoms with van der Waals surface area (Å²) in [6.07, 6.45) is 45.8. The van der Waals surface area contributed by atoms with Crippen LogP contribution in [0.5, 0.6) is 0 Å². The molecule has 0 aliphatic carbocycles. The largest absolute Gasteiger partial charge is 0.334 e. The quantitative estimate of drug-likeness (QED) is 0.0796. The Bertz CT molecular complexity index is 798. The molecule has 0 spiro atoms. The molecule has 2 unspecified atom stereocenters. The number of imidazole rings is 1. The van der Waals surface area contributed by atoms with Gasteiger partial charge in [-0.1, -0.05) is 205 Å². The van der Waals surface area contributed by atoms with E-state index in [9.17, 15) is 0 Å². The highest BCUT2D eigenvalue weighted by Gasteiger charge is 2.23. The monoisotopic (exact) mass is 593 g/mol. The highest BCUT2D eigenvalue weighted by atomic mass is 15.1. The predicted octanol–water partition coefficient (Wildman–Crippen LogP) is 13.9. The molecule has 0 radical (unpaired) electrons. The second-order valence-corrected chi connectivity index (χ2v) is 13.7. The van der Waals surface area contributed by atoms with Gasteiger partial charge in [-0.2, -0.15) is 0 Å². The molecule has 2 nitrogen and oxygen atoms in total. The Morgan fingerprint density at radius 3 is 1.35 bits per heavy atom. The number of benzene rings is 1. The molecular weight excluding hydrogens is 520 g/mol. The average Bonchev–Trinajstić information content (AvgIpc) is 3.57. The summed E-state index contributed by atoms with van der Waals surface area (Å²) in [7, 11) is 0. The average molecular weight is 593 g/mol. The minimum atomic E-state index is 0.572. The first-order valence-electron chi connectivity index (χ1n) is 19.4. The summed E-state index contributed by atoms with van der Waals surface area (Å²) in [5, 5.41) is 0. The summed E-state index contributed by atoms with van der Waals surface area (Å²) in [5.74, 6) is 0.692. The first-order valence-corrected chi connectivity index (χ1v) is 19.4. The van der Waals surface area contributed by atoms with Crippen LogP contribution in [-0.2, 0) is 6.42 Å². The standard InChI is InChI=1S/C41H72N2/c1-3-5-7-9-11-13-15-16-17-19-20-22-24-29-33-40(37-39-31-27-26-28-32-39)41(43-36-35-42-38-43)34-30-25-23-21-18-14-12-10-8-6-4-2/h26-28,31-32,35-36,38,40-41H,3-25,29-30,33-34,37H2,1-2H3.